The summed E-state index contributed by atoms with van der Waals surface area (Å²) in [6.45, 7) is 0.524. The largest absolute Gasteiger partial charge is 0.330 e. The molecule has 0 radical (unpaired) electrons. The van der Waals surface area contributed by atoms with E-state index in [2.05, 4.69) is 4.98 Å². The van der Waals surface area contributed by atoms with Crippen molar-refractivity contribution in [2.45, 2.75) is 25.3 Å². The van der Waals surface area contributed by atoms with E-state index in [1.54, 1.807) is 17.0 Å². The molecule has 2 aromatic rings. The lowest BCUT2D eigenvalue weighted by Gasteiger charge is -2.36. The van der Waals surface area contributed by atoms with Crippen LogP contribution >= 0.6 is 0 Å². The van der Waals surface area contributed by atoms with Gasteiger partial charge in [0.1, 0.15) is 11.5 Å². The summed E-state index contributed by atoms with van der Waals surface area (Å²) in [4.78, 5) is 41.5. The number of amides is 1. The van der Waals surface area contributed by atoms with Gasteiger partial charge in [0, 0.05) is 12.6 Å². The number of hydrogen-bond donors (Lipinski definition) is 2. The summed E-state index contributed by atoms with van der Waals surface area (Å²) >= 11 is 0. The van der Waals surface area contributed by atoms with Gasteiger partial charge >= 0.3 is 5.69 Å². The molecule has 2 heterocycles. The van der Waals surface area contributed by atoms with Gasteiger partial charge in [-0.2, -0.15) is 0 Å². The summed E-state index contributed by atoms with van der Waals surface area (Å²) in [5.74, 6) is -0.733. The molecule has 1 fully saturated rings. The number of nitrogens with one attached hydrogen (secondary N) is 2. The molecule has 1 aliphatic rings. The zero-order chi connectivity index (χ0) is 16.4. The number of nitrogens with zero attached hydrogens (tertiary/aromatic N) is 1. The smallest absolute Gasteiger partial charge is 0.326 e. The van der Waals surface area contributed by atoms with Crippen LogP contribution in [0.2, 0.25) is 0 Å². The van der Waals surface area contributed by atoms with Crippen LogP contribution in [-0.2, 0) is 0 Å². The number of hydrogen-bond acceptors (Lipinski definition) is 3. The van der Waals surface area contributed by atoms with Crippen molar-refractivity contribution in [2.75, 3.05) is 6.54 Å². The first-order chi connectivity index (χ1) is 11.0. The number of piperidine rings is 1. The number of carbonyl (C=O) groups excluding carboxylic acids is 1. The van der Waals surface area contributed by atoms with Crippen molar-refractivity contribution in [3.8, 4) is 0 Å². The van der Waals surface area contributed by atoms with Gasteiger partial charge in [0.05, 0.1) is 6.04 Å². The molecule has 7 heteroatoms. The molecular weight excluding hydrogens is 301 g/mol. The number of aromatic nitrogens is 2. The molecule has 1 aliphatic heterocycles. The summed E-state index contributed by atoms with van der Waals surface area (Å²) in [7, 11) is 0. The molecular formula is C16H16FN3O3. The van der Waals surface area contributed by atoms with Crippen molar-refractivity contribution in [3.63, 3.8) is 0 Å². The molecule has 1 saturated heterocycles. The Hall–Kier alpha value is -2.70. The van der Waals surface area contributed by atoms with Crippen LogP contribution in [0.25, 0.3) is 0 Å². The molecule has 0 aliphatic carbocycles. The fourth-order valence-corrected chi connectivity index (χ4v) is 2.94. The highest BCUT2D eigenvalue weighted by molar-refractivity contribution is 5.92. The van der Waals surface area contributed by atoms with E-state index in [1.807, 2.05) is 4.98 Å². The Morgan fingerprint density at radius 2 is 1.87 bits per heavy atom. The van der Waals surface area contributed by atoms with Crippen molar-refractivity contribution in [3.05, 3.63) is 68.2 Å². The van der Waals surface area contributed by atoms with Crippen LogP contribution in [0.1, 0.15) is 41.4 Å². The number of halogens is 1. The van der Waals surface area contributed by atoms with Gasteiger partial charge in [-0.05, 0) is 37.0 Å². The maximum Gasteiger partial charge on any atom is 0.326 e. The van der Waals surface area contributed by atoms with Crippen LogP contribution in [0.15, 0.2) is 39.9 Å². The number of H-pyrrole nitrogens is 2. The van der Waals surface area contributed by atoms with E-state index in [-0.39, 0.29) is 17.6 Å². The van der Waals surface area contributed by atoms with Crippen LogP contribution in [0.5, 0.6) is 0 Å². The summed E-state index contributed by atoms with van der Waals surface area (Å²) in [6.07, 6.45) is 2.55. The number of aromatic amines is 2. The number of rotatable bonds is 2. The Kier molecular flexibility index (Phi) is 4.10. The van der Waals surface area contributed by atoms with Crippen molar-refractivity contribution in [1.82, 2.24) is 14.9 Å². The van der Waals surface area contributed by atoms with E-state index in [9.17, 15) is 18.8 Å². The molecule has 1 amide bonds. The lowest BCUT2D eigenvalue weighted by atomic mass is 9.95. The molecule has 1 atom stereocenters. The summed E-state index contributed by atoms with van der Waals surface area (Å²) in [5, 5.41) is 0. The average Bonchev–Trinajstić information content (AvgIpc) is 2.54. The number of carbonyl (C=O) groups is 1. The van der Waals surface area contributed by atoms with Gasteiger partial charge < -0.3 is 9.88 Å². The van der Waals surface area contributed by atoms with E-state index >= 15 is 0 Å². The molecule has 1 aromatic carbocycles. The van der Waals surface area contributed by atoms with Gasteiger partial charge in [0.15, 0.2) is 0 Å². The minimum absolute atomic E-state index is 0.0345. The zero-order valence-corrected chi connectivity index (χ0v) is 12.3. The van der Waals surface area contributed by atoms with E-state index in [0.717, 1.165) is 30.9 Å². The maximum atomic E-state index is 13.1. The summed E-state index contributed by atoms with van der Waals surface area (Å²) < 4.78 is 13.1. The predicted octanol–water partition coefficient (Wildman–Crippen LogP) is 1.57. The van der Waals surface area contributed by atoms with Gasteiger partial charge in [-0.3, -0.25) is 14.6 Å². The van der Waals surface area contributed by atoms with Crippen LogP contribution in [0.3, 0.4) is 0 Å². The highest BCUT2D eigenvalue weighted by Gasteiger charge is 2.29. The minimum atomic E-state index is -0.712. The normalized spacial score (nSPS) is 18.0. The number of benzene rings is 1. The van der Waals surface area contributed by atoms with Gasteiger partial charge in [0.2, 0.25) is 0 Å². The van der Waals surface area contributed by atoms with Gasteiger partial charge in [0.25, 0.3) is 11.5 Å². The molecule has 6 nitrogen and oxygen atoms in total. The SMILES string of the molecule is O=C(c1cc(=O)[nH]c(=O)[nH]1)N1CCCCC1c1ccc(F)cc1. The van der Waals surface area contributed by atoms with Crippen LogP contribution < -0.4 is 11.2 Å². The number of likely N-dealkylation sites (tertiary alicyclic amines) is 1. The fourth-order valence-electron chi connectivity index (χ4n) is 2.94. The molecule has 0 saturated carbocycles. The summed E-state index contributed by atoms with van der Waals surface area (Å²) in [6, 6.07) is 6.93. The first-order valence-corrected chi connectivity index (χ1v) is 7.45. The van der Waals surface area contributed by atoms with Gasteiger partial charge in [-0.1, -0.05) is 12.1 Å². The third kappa shape index (κ3) is 3.23. The van der Waals surface area contributed by atoms with Gasteiger partial charge in [-0.25, -0.2) is 9.18 Å². The Balaban J connectivity index is 1.94. The third-order valence-electron chi connectivity index (χ3n) is 4.01. The predicted molar refractivity (Wildman–Crippen MR) is 81.7 cm³/mol. The van der Waals surface area contributed by atoms with E-state index in [0.29, 0.717) is 6.54 Å². The second-order valence-corrected chi connectivity index (χ2v) is 5.56. The summed E-state index contributed by atoms with van der Waals surface area (Å²) in [5.41, 5.74) is -0.525. The highest BCUT2D eigenvalue weighted by Crippen LogP contribution is 2.31. The average molecular weight is 317 g/mol. The van der Waals surface area contributed by atoms with E-state index in [1.165, 1.54) is 12.1 Å². The molecule has 1 unspecified atom stereocenters. The minimum Gasteiger partial charge on any atom is -0.330 e. The fraction of sp³-hybridized carbons (Fsp3) is 0.312. The van der Waals surface area contributed by atoms with Crippen molar-refractivity contribution in [2.24, 2.45) is 0 Å². The molecule has 2 N–H and O–H groups in total. The first kappa shape index (κ1) is 15.2. The van der Waals surface area contributed by atoms with Crippen LogP contribution in [-0.4, -0.2) is 27.3 Å². The Labute approximate surface area is 131 Å². The Bertz CT molecular complexity index is 797. The monoisotopic (exact) mass is 317 g/mol. The van der Waals surface area contributed by atoms with E-state index in [4.69, 9.17) is 0 Å². The van der Waals surface area contributed by atoms with Gasteiger partial charge in [-0.15, -0.1) is 0 Å². The van der Waals surface area contributed by atoms with Crippen molar-refractivity contribution >= 4 is 5.91 Å². The lowest BCUT2D eigenvalue weighted by molar-refractivity contribution is 0.0604. The molecule has 0 spiro atoms. The topological polar surface area (TPSA) is 86.0 Å². The second-order valence-electron chi connectivity index (χ2n) is 5.56. The molecule has 0 bridgehead atoms. The van der Waals surface area contributed by atoms with Crippen molar-refractivity contribution < 1.29 is 9.18 Å². The first-order valence-electron chi connectivity index (χ1n) is 7.45. The molecule has 3 rings (SSSR count). The Morgan fingerprint density at radius 1 is 1.13 bits per heavy atom. The zero-order valence-electron chi connectivity index (χ0n) is 12.3. The lowest BCUT2D eigenvalue weighted by Crippen LogP contribution is -2.40. The Morgan fingerprint density at radius 3 is 2.57 bits per heavy atom. The molecule has 23 heavy (non-hydrogen) atoms. The standard InChI is InChI=1S/C16H16FN3O3/c17-11-6-4-10(5-7-11)13-3-1-2-8-20(13)15(22)12-9-14(21)19-16(23)18-12/h4-7,9,13H,1-3,8H2,(H2,18,19,21,23). The molecule has 1 aromatic heterocycles. The van der Waals surface area contributed by atoms with E-state index < -0.39 is 17.2 Å². The molecule has 120 valence electrons. The third-order valence-corrected chi connectivity index (χ3v) is 4.01. The second kappa shape index (κ2) is 6.20. The maximum absolute atomic E-state index is 13.1. The van der Waals surface area contributed by atoms with Crippen LogP contribution in [0.4, 0.5) is 4.39 Å². The van der Waals surface area contributed by atoms with Crippen molar-refractivity contribution in [1.29, 1.82) is 0 Å². The quantitative estimate of drug-likeness (QED) is 0.881. The highest BCUT2D eigenvalue weighted by atomic mass is 19.1. The van der Waals surface area contributed by atoms with Crippen LogP contribution in [0, 0.1) is 5.82 Å².